The van der Waals surface area contributed by atoms with E-state index >= 15 is 0 Å². The van der Waals surface area contributed by atoms with Gasteiger partial charge in [0.1, 0.15) is 0 Å². The van der Waals surface area contributed by atoms with E-state index in [1.807, 2.05) is 12.1 Å². The zero-order valence-electron chi connectivity index (χ0n) is 15.5. The number of aromatic amines is 1. The molecule has 0 unspecified atom stereocenters. The smallest absolute Gasteiger partial charge is 0.277 e. The van der Waals surface area contributed by atoms with Crippen molar-refractivity contribution in [1.82, 2.24) is 15.2 Å². The zero-order chi connectivity index (χ0) is 19.7. The lowest BCUT2D eigenvalue weighted by Crippen LogP contribution is -2.07. The number of sulfone groups is 1. The van der Waals surface area contributed by atoms with Crippen molar-refractivity contribution in [1.29, 1.82) is 0 Å². The van der Waals surface area contributed by atoms with Gasteiger partial charge in [0.2, 0.25) is 5.89 Å². The first kappa shape index (κ1) is 19.2. The van der Waals surface area contributed by atoms with Crippen LogP contribution in [0.3, 0.4) is 0 Å². The highest BCUT2D eigenvalue weighted by atomic mass is 32.2. The molecule has 0 spiro atoms. The van der Waals surface area contributed by atoms with Gasteiger partial charge < -0.3 is 9.40 Å². The fourth-order valence-corrected chi connectivity index (χ4v) is 6.13. The number of hydrogen-bond acceptors (Lipinski definition) is 7. The Morgan fingerprint density at radius 1 is 1.36 bits per heavy atom. The van der Waals surface area contributed by atoms with E-state index in [0.717, 1.165) is 17.3 Å². The Morgan fingerprint density at radius 3 is 2.96 bits per heavy atom. The Kier molecular flexibility index (Phi) is 5.29. The van der Waals surface area contributed by atoms with Gasteiger partial charge >= 0.3 is 0 Å². The summed E-state index contributed by atoms with van der Waals surface area (Å²) in [6, 6.07) is 5.97. The first-order valence-corrected chi connectivity index (χ1v) is 12.0. The van der Waals surface area contributed by atoms with Crippen LogP contribution >= 0.6 is 11.8 Å². The highest BCUT2D eigenvalue weighted by Gasteiger charge is 2.29. The molecule has 0 bridgehead atoms. The van der Waals surface area contributed by atoms with Crippen molar-refractivity contribution in [3.05, 3.63) is 41.4 Å². The summed E-state index contributed by atoms with van der Waals surface area (Å²) < 4.78 is 28.7. The molecule has 28 heavy (non-hydrogen) atoms. The lowest BCUT2D eigenvalue weighted by molar-refractivity contribution is 0.102. The Balaban J connectivity index is 1.39. The average molecular weight is 420 g/mol. The first-order valence-electron chi connectivity index (χ1n) is 9.23. The van der Waals surface area contributed by atoms with Gasteiger partial charge in [0.25, 0.3) is 5.22 Å². The maximum absolute atomic E-state index is 12.7. The van der Waals surface area contributed by atoms with E-state index in [9.17, 15) is 13.2 Å². The maximum atomic E-state index is 12.7. The summed E-state index contributed by atoms with van der Waals surface area (Å²) in [5, 5.41) is 9.23. The second-order valence-electron chi connectivity index (χ2n) is 7.04. The van der Waals surface area contributed by atoms with E-state index in [2.05, 4.69) is 28.2 Å². The van der Waals surface area contributed by atoms with Gasteiger partial charge in [-0.3, -0.25) is 4.79 Å². The fourth-order valence-electron chi connectivity index (χ4n) is 3.61. The quantitative estimate of drug-likeness (QED) is 0.463. The van der Waals surface area contributed by atoms with Crippen molar-refractivity contribution >= 4 is 38.3 Å². The first-order chi connectivity index (χ1) is 13.4. The summed E-state index contributed by atoms with van der Waals surface area (Å²) in [6.45, 7) is 2.08. The lowest BCUT2D eigenvalue weighted by atomic mass is 10.1. The second-order valence-corrected chi connectivity index (χ2v) is 10.2. The fraction of sp³-hybridized carbons (Fsp3) is 0.421. The van der Waals surface area contributed by atoms with Crippen molar-refractivity contribution in [3.63, 3.8) is 0 Å². The van der Waals surface area contributed by atoms with Crippen LogP contribution in [0.25, 0.3) is 10.9 Å². The molecule has 0 radical (unpaired) electrons. The Bertz CT molecular complexity index is 1120. The van der Waals surface area contributed by atoms with Gasteiger partial charge in [0, 0.05) is 29.1 Å². The van der Waals surface area contributed by atoms with E-state index in [0.29, 0.717) is 29.5 Å². The molecule has 3 aromatic rings. The molecule has 1 atom stereocenters. The highest BCUT2D eigenvalue weighted by Crippen LogP contribution is 2.26. The number of benzene rings is 1. The van der Waals surface area contributed by atoms with Crippen LogP contribution < -0.4 is 0 Å². The number of nitrogens with one attached hydrogen (secondary N) is 1. The minimum atomic E-state index is -2.92. The number of aromatic nitrogens is 3. The number of Topliss-reactive ketones (excluding diaryl/α,β-unsaturated/α-hetero) is 1. The molecule has 1 N–H and O–H groups in total. The van der Waals surface area contributed by atoms with Gasteiger partial charge in [-0.25, -0.2) is 8.42 Å². The third-order valence-electron chi connectivity index (χ3n) is 5.05. The summed E-state index contributed by atoms with van der Waals surface area (Å²) in [5.41, 5.74) is 2.85. The molecular formula is C19H21N3O4S2. The number of aryl methyl sites for hydroxylation is 1. The highest BCUT2D eigenvalue weighted by molar-refractivity contribution is 7.99. The third-order valence-corrected chi connectivity index (χ3v) is 7.70. The monoisotopic (exact) mass is 419 g/mol. The van der Waals surface area contributed by atoms with E-state index in [-0.39, 0.29) is 29.0 Å². The van der Waals surface area contributed by atoms with Crippen LogP contribution in [0, 0.1) is 5.92 Å². The van der Waals surface area contributed by atoms with Gasteiger partial charge in [-0.05, 0) is 24.3 Å². The largest absolute Gasteiger partial charge is 0.416 e. The molecule has 0 saturated carbocycles. The van der Waals surface area contributed by atoms with Crippen LogP contribution in [0.2, 0.25) is 0 Å². The molecule has 1 aliphatic rings. The Morgan fingerprint density at radius 2 is 2.21 bits per heavy atom. The molecule has 9 heteroatoms. The number of fused-ring (bicyclic) bond motifs is 1. The topological polar surface area (TPSA) is 106 Å². The van der Waals surface area contributed by atoms with Crippen LogP contribution in [-0.4, -0.2) is 46.6 Å². The molecule has 1 aromatic carbocycles. The minimum Gasteiger partial charge on any atom is -0.416 e. The molecule has 148 valence electrons. The van der Waals surface area contributed by atoms with E-state index in [1.54, 1.807) is 6.20 Å². The lowest BCUT2D eigenvalue weighted by Gasteiger charge is -2.02. The van der Waals surface area contributed by atoms with Crippen molar-refractivity contribution < 1.29 is 17.6 Å². The van der Waals surface area contributed by atoms with Crippen molar-refractivity contribution in [2.45, 2.75) is 31.4 Å². The third kappa shape index (κ3) is 4.00. The summed E-state index contributed by atoms with van der Waals surface area (Å²) in [5.74, 6) is 1.05. The average Bonchev–Trinajstić information content (AvgIpc) is 3.38. The number of rotatable bonds is 7. The van der Waals surface area contributed by atoms with Crippen molar-refractivity contribution in [2.24, 2.45) is 5.92 Å². The molecule has 0 aliphatic carbocycles. The van der Waals surface area contributed by atoms with Crippen molar-refractivity contribution in [3.8, 4) is 0 Å². The SMILES string of the molecule is CCc1cccc2c(C(=O)CSc3nnc(C[C@@H]4CCS(=O)(=O)C4)o3)c[nH]c12. The van der Waals surface area contributed by atoms with Crippen LogP contribution in [0.5, 0.6) is 0 Å². The van der Waals surface area contributed by atoms with Gasteiger partial charge in [-0.1, -0.05) is 36.9 Å². The number of ketones is 1. The molecule has 1 saturated heterocycles. The number of hydrogen-bond donors (Lipinski definition) is 1. The van der Waals surface area contributed by atoms with E-state index in [1.165, 1.54) is 17.3 Å². The van der Waals surface area contributed by atoms with Gasteiger partial charge in [-0.2, -0.15) is 0 Å². The molecular weight excluding hydrogens is 398 g/mol. The predicted octanol–water partition coefficient (Wildman–Crippen LogP) is 3.07. The molecule has 2 aromatic heterocycles. The number of thioether (sulfide) groups is 1. The van der Waals surface area contributed by atoms with Crippen LogP contribution in [0.15, 0.2) is 34.0 Å². The maximum Gasteiger partial charge on any atom is 0.277 e. The van der Waals surface area contributed by atoms with Crippen molar-refractivity contribution in [2.75, 3.05) is 17.3 Å². The van der Waals surface area contributed by atoms with Crippen LogP contribution in [0.1, 0.15) is 35.2 Å². The number of nitrogens with zero attached hydrogens (tertiary/aromatic N) is 2. The molecule has 3 heterocycles. The molecule has 0 amide bonds. The van der Waals surface area contributed by atoms with Crippen LogP contribution in [-0.2, 0) is 22.7 Å². The second kappa shape index (κ2) is 7.71. The summed E-state index contributed by atoms with van der Waals surface area (Å²) >= 11 is 1.20. The summed E-state index contributed by atoms with van der Waals surface area (Å²) in [7, 11) is -2.92. The Labute approximate surface area is 167 Å². The molecule has 1 fully saturated rings. The molecule has 7 nitrogen and oxygen atoms in total. The number of para-hydroxylation sites is 1. The summed E-state index contributed by atoms with van der Waals surface area (Å²) in [4.78, 5) is 15.9. The minimum absolute atomic E-state index is 0.00820. The molecule has 1 aliphatic heterocycles. The zero-order valence-corrected chi connectivity index (χ0v) is 17.1. The van der Waals surface area contributed by atoms with E-state index < -0.39 is 9.84 Å². The normalized spacial score (nSPS) is 18.7. The summed E-state index contributed by atoms with van der Waals surface area (Å²) in [6.07, 6.45) is 3.74. The van der Waals surface area contributed by atoms with E-state index in [4.69, 9.17) is 4.42 Å². The van der Waals surface area contributed by atoms with Gasteiger partial charge in [0.15, 0.2) is 15.6 Å². The Hall–Kier alpha value is -2.13. The number of H-pyrrole nitrogens is 1. The van der Waals surface area contributed by atoms with Crippen LogP contribution in [0.4, 0.5) is 0 Å². The predicted molar refractivity (Wildman–Crippen MR) is 107 cm³/mol. The van der Waals surface area contributed by atoms with Gasteiger partial charge in [0.05, 0.1) is 17.3 Å². The molecule has 4 rings (SSSR count). The number of carbonyl (C=O) groups is 1. The number of carbonyl (C=O) groups excluding carboxylic acids is 1. The van der Waals surface area contributed by atoms with Gasteiger partial charge in [-0.15, -0.1) is 10.2 Å². The standard InChI is InChI=1S/C19H21N3O4S2/c1-2-13-4-3-5-14-15(9-20-18(13)14)16(23)10-27-19-22-21-17(26-19)8-12-6-7-28(24,25)11-12/h3-5,9,12,20H,2,6-8,10-11H2,1H3/t12-/m0/s1.